The van der Waals surface area contributed by atoms with Gasteiger partial charge in [0.1, 0.15) is 18.5 Å². The SMILES string of the molecule is CCNC(=NCC(O)COc1cccc(C)c1)Nc1ccc2c(c1)OCCCO2. The number of aliphatic hydroxyl groups excluding tert-OH is 1. The highest BCUT2D eigenvalue weighted by Gasteiger charge is 2.12. The molecule has 7 heteroatoms. The number of aliphatic imine (C=N–C) groups is 1. The average molecular weight is 399 g/mol. The van der Waals surface area contributed by atoms with Crippen LogP contribution < -0.4 is 24.8 Å². The van der Waals surface area contributed by atoms with E-state index >= 15 is 0 Å². The van der Waals surface area contributed by atoms with Gasteiger partial charge in [0.05, 0.1) is 19.8 Å². The van der Waals surface area contributed by atoms with Crippen molar-refractivity contribution in [1.29, 1.82) is 0 Å². The van der Waals surface area contributed by atoms with Crippen LogP contribution in [-0.2, 0) is 0 Å². The van der Waals surface area contributed by atoms with E-state index in [1.807, 2.05) is 56.3 Å². The fraction of sp³-hybridized carbons (Fsp3) is 0.409. The number of nitrogens with zero attached hydrogens (tertiary/aromatic N) is 1. The van der Waals surface area contributed by atoms with Crippen LogP contribution in [0, 0.1) is 6.92 Å². The number of hydrogen-bond donors (Lipinski definition) is 3. The van der Waals surface area contributed by atoms with Crippen LogP contribution in [0.5, 0.6) is 17.2 Å². The Morgan fingerprint density at radius 1 is 1.17 bits per heavy atom. The van der Waals surface area contributed by atoms with Gasteiger partial charge in [0.2, 0.25) is 0 Å². The molecule has 1 atom stereocenters. The molecule has 0 amide bonds. The summed E-state index contributed by atoms with van der Waals surface area (Å²) < 4.78 is 17.0. The summed E-state index contributed by atoms with van der Waals surface area (Å²) >= 11 is 0. The van der Waals surface area contributed by atoms with Gasteiger partial charge in [-0.05, 0) is 43.7 Å². The quantitative estimate of drug-likeness (QED) is 0.490. The van der Waals surface area contributed by atoms with Gasteiger partial charge in [0.25, 0.3) is 0 Å². The number of benzene rings is 2. The zero-order chi connectivity index (χ0) is 20.5. The van der Waals surface area contributed by atoms with Crippen molar-refractivity contribution in [3.63, 3.8) is 0 Å². The van der Waals surface area contributed by atoms with Crippen molar-refractivity contribution in [3.05, 3.63) is 48.0 Å². The molecule has 3 N–H and O–H groups in total. The van der Waals surface area contributed by atoms with Crippen LogP contribution in [0.1, 0.15) is 18.9 Å². The Kier molecular flexibility index (Phi) is 7.58. The lowest BCUT2D eigenvalue weighted by Crippen LogP contribution is -2.32. The zero-order valence-electron chi connectivity index (χ0n) is 17.0. The van der Waals surface area contributed by atoms with E-state index in [0.29, 0.717) is 25.7 Å². The second kappa shape index (κ2) is 10.6. The van der Waals surface area contributed by atoms with Gasteiger partial charge in [-0.3, -0.25) is 4.99 Å². The maximum Gasteiger partial charge on any atom is 0.195 e. The van der Waals surface area contributed by atoms with Crippen molar-refractivity contribution in [2.75, 3.05) is 38.2 Å². The Balaban J connectivity index is 1.57. The molecule has 0 saturated carbocycles. The van der Waals surface area contributed by atoms with Crippen LogP contribution in [0.25, 0.3) is 0 Å². The standard InChI is InChI=1S/C22H29N3O4/c1-3-23-22(24-14-18(26)15-29-19-7-4-6-16(2)12-19)25-17-8-9-20-21(13-17)28-11-5-10-27-20/h4,6-9,12-13,18,26H,3,5,10-11,14-15H2,1-2H3,(H2,23,24,25). The monoisotopic (exact) mass is 399 g/mol. The van der Waals surface area contributed by atoms with Gasteiger partial charge in [-0.2, -0.15) is 0 Å². The molecule has 7 nitrogen and oxygen atoms in total. The molecular weight excluding hydrogens is 370 g/mol. The van der Waals surface area contributed by atoms with E-state index < -0.39 is 6.10 Å². The van der Waals surface area contributed by atoms with Crippen molar-refractivity contribution in [2.24, 2.45) is 4.99 Å². The molecule has 1 unspecified atom stereocenters. The van der Waals surface area contributed by atoms with Crippen LogP contribution in [0.2, 0.25) is 0 Å². The fourth-order valence-corrected chi connectivity index (χ4v) is 2.83. The van der Waals surface area contributed by atoms with Crippen molar-refractivity contribution in [3.8, 4) is 17.2 Å². The predicted octanol–water partition coefficient (Wildman–Crippen LogP) is 2.97. The topological polar surface area (TPSA) is 84.3 Å². The molecule has 0 fully saturated rings. The molecule has 0 bridgehead atoms. The summed E-state index contributed by atoms with van der Waals surface area (Å²) in [6.07, 6.45) is 0.152. The van der Waals surface area contributed by atoms with Gasteiger partial charge in [0, 0.05) is 24.7 Å². The third-order valence-corrected chi connectivity index (χ3v) is 4.25. The number of hydrogen-bond acceptors (Lipinski definition) is 5. The Bertz CT molecular complexity index is 825. The molecule has 1 aliphatic heterocycles. The Labute approximate surface area is 171 Å². The van der Waals surface area contributed by atoms with Crippen LogP contribution >= 0.6 is 0 Å². The molecule has 156 valence electrons. The minimum Gasteiger partial charge on any atom is -0.491 e. The number of anilines is 1. The molecule has 3 rings (SSSR count). The first kappa shape index (κ1) is 20.8. The van der Waals surface area contributed by atoms with Crippen LogP contribution in [0.3, 0.4) is 0 Å². The number of guanidine groups is 1. The highest BCUT2D eigenvalue weighted by atomic mass is 16.5. The first-order chi connectivity index (χ1) is 14.1. The molecule has 0 saturated heterocycles. The van der Waals surface area contributed by atoms with E-state index in [4.69, 9.17) is 14.2 Å². The summed E-state index contributed by atoms with van der Waals surface area (Å²) in [5.41, 5.74) is 1.95. The maximum atomic E-state index is 10.2. The van der Waals surface area contributed by atoms with E-state index in [1.54, 1.807) is 0 Å². The van der Waals surface area contributed by atoms with E-state index in [9.17, 15) is 5.11 Å². The molecule has 2 aromatic rings. The Morgan fingerprint density at radius 3 is 2.79 bits per heavy atom. The smallest absolute Gasteiger partial charge is 0.195 e. The summed E-state index contributed by atoms with van der Waals surface area (Å²) in [5, 5.41) is 16.6. The first-order valence-electron chi connectivity index (χ1n) is 9.96. The maximum absolute atomic E-state index is 10.2. The van der Waals surface area contributed by atoms with Crippen molar-refractivity contribution < 1.29 is 19.3 Å². The summed E-state index contributed by atoms with van der Waals surface area (Å²) in [6.45, 7) is 6.38. The Hall–Kier alpha value is -2.93. The van der Waals surface area contributed by atoms with Gasteiger partial charge >= 0.3 is 0 Å². The van der Waals surface area contributed by atoms with Gasteiger partial charge in [-0.25, -0.2) is 0 Å². The number of fused-ring (bicyclic) bond motifs is 1. The largest absolute Gasteiger partial charge is 0.491 e. The molecule has 0 aromatic heterocycles. The summed E-state index contributed by atoms with van der Waals surface area (Å²) in [6, 6.07) is 13.4. The molecule has 0 aliphatic carbocycles. The second-order valence-corrected chi connectivity index (χ2v) is 6.84. The molecule has 2 aromatic carbocycles. The van der Waals surface area contributed by atoms with Gasteiger partial charge in [-0.15, -0.1) is 0 Å². The lowest BCUT2D eigenvalue weighted by Gasteiger charge is -2.15. The lowest BCUT2D eigenvalue weighted by molar-refractivity contribution is 0.114. The van der Waals surface area contributed by atoms with Gasteiger partial charge in [-0.1, -0.05) is 12.1 Å². The average Bonchev–Trinajstić information content (AvgIpc) is 2.96. The van der Waals surface area contributed by atoms with Crippen LogP contribution in [-0.4, -0.2) is 50.1 Å². The van der Waals surface area contributed by atoms with E-state index in [1.165, 1.54) is 0 Å². The minimum atomic E-state index is -0.713. The van der Waals surface area contributed by atoms with E-state index in [0.717, 1.165) is 34.9 Å². The molecule has 0 radical (unpaired) electrons. The third kappa shape index (κ3) is 6.57. The fourth-order valence-electron chi connectivity index (χ4n) is 2.83. The molecule has 29 heavy (non-hydrogen) atoms. The van der Waals surface area contributed by atoms with E-state index in [-0.39, 0.29) is 13.2 Å². The van der Waals surface area contributed by atoms with Crippen molar-refractivity contribution in [2.45, 2.75) is 26.4 Å². The highest BCUT2D eigenvalue weighted by Crippen LogP contribution is 2.32. The van der Waals surface area contributed by atoms with E-state index in [2.05, 4.69) is 15.6 Å². The summed E-state index contributed by atoms with van der Waals surface area (Å²) in [7, 11) is 0. The van der Waals surface area contributed by atoms with Crippen molar-refractivity contribution in [1.82, 2.24) is 5.32 Å². The highest BCUT2D eigenvalue weighted by molar-refractivity contribution is 5.93. The normalized spacial score (nSPS) is 14.7. The van der Waals surface area contributed by atoms with Gasteiger partial charge in [0.15, 0.2) is 17.5 Å². The number of nitrogens with one attached hydrogen (secondary N) is 2. The number of aryl methyl sites for hydroxylation is 1. The number of ether oxygens (including phenoxy) is 3. The summed E-state index contributed by atoms with van der Waals surface area (Å²) in [4.78, 5) is 4.46. The van der Waals surface area contributed by atoms with Crippen LogP contribution in [0.4, 0.5) is 5.69 Å². The third-order valence-electron chi connectivity index (χ3n) is 4.25. The zero-order valence-corrected chi connectivity index (χ0v) is 17.0. The summed E-state index contributed by atoms with van der Waals surface area (Å²) in [5.74, 6) is 2.79. The number of rotatable bonds is 7. The van der Waals surface area contributed by atoms with Gasteiger partial charge < -0.3 is 30.0 Å². The molecule has 0 spiro atoms. The molecule has 1 heterocycles. The molecular formula is C22H29N3O4. The predicted molar refractivity (Wildman–Crippen MR) is 114 cm³/mol. The van der Waals surface area contributed by atoms with Crippen molar-refractivity contribution >= 4 is 11.6 Å². The minimum absolute atomic E-state index is 0.177. The molecule has 1 aliphatic rings. The Morgan fingerprint density at radius 2 is 2.00 bits per heavy atom. The second-order valence-electron chi connectivity index (χ2n) is 6.84. The number of aliphatic hydroxyl groups is 1. The first-order valence-corrected chi connectivity index (χ1v) is 9.96. The van der Waals surface area contributed by atoms with Crippen LogP contribution in [0.15, 0.2) is 47.5 Å². The lowest BCUT2D eigenvalue weighted by atomic mass is 10.2.